The molecule has 0 aromatic carbocycles. The van der Waals surface area contributed by atoms with Crippen molar-refractivity contribution in [2.45, 2.75) is 32.3 Å². The van der Waals surface area contributed by atoms with Gasteiger partial charge >= 0.3 is 0 Å². The lowest BCUT2D eigenvalue weighted by Gasteiger charge is -2.12. The standard InChI is InChI=1S/C12H17NO/c1-3-4-5-6-12(14)11-7-8-13-9-10(11)2/h3,7-9,12,14H,1,4-6H2,2H3. The Labute approximate surface area is 85.3 Å². The van der Waals surface area contributed by atoms with Crippen molar-refractivity contribution in [1.29, 1.82) is 0 Å². The number of nitrogens with zero attached hydrogens (tertiary/aromatic N) is 1. The first-order valence-corrected chi connectivity index (χ1v) is 4.95. The van der Waals surface area contributed by atoms with Crippen molar-refractivity contribution in [1.82, 2.24) is 4.98 Å². The molecule has 1 aromatic heterocycles. The molecule has 0 saturated carbocycles. The van der Waals surface area contributed by atoms with Gasteiger partial charge in [0.25, 0.3) is 0 Å². The summed E-state index contributed by atoms with van der Waals surface area (Å²) in [4.78, 5) is 4.00. The molecule has 1 aromatic rings. The molecule has 0 aliphatic heterocycles. The van der Waals surface area contributed by atoms with Crippen LogP contribution in [0.4, 0.5) is 0 Å². The number of unbranched alkanes of at least 4 members (excludes halogenated alkanes) is 1. The Kier molecular flexibility index (Phi) is 4.33. The number of allylic oxidation sites excluding steroid dienone is 1. The predicted molar refractivity (Wildman–Crippen MR) is 58.0 cm³/mol. The topological polar surface area (TPSA) is 33.1 Å². The van der Waals surface area contributed by atoms with E-state index in [1.54, 1.807) is 12.4 Å². The first-order chi connectivity index (χ1) is 6.75. The third-order valence-corrected chi connectivity index (χ3v) is 2.31. The summed E-state index contributed by atoms with van der Waals surface area (Å²) in [5, 5.41) is 9.87. The van der Waals surface area contributed by atoms with E-state index in [2.05, 4.69) is 11.6 Å². The van der Waals surface area contributed by atoms with Gasteiger partial charge in [0.05, 0.1) is 6.10 Å². The van der Waals surface area contributed by atoms with Gasteiger partial charge in [-0.05, 0) is 43.4 Å². The normalized spacial score (nSPS) is 12.4. The van der Waals surface area contributed by atoms with Crippen LogP contribution in [0.25, 0.3) is 0 Å². The molecule has 1 unspecified atom stereocenters. The number of hydrogen-bond acceptors (Lipinski definition) is 2. The fourth-order valence-electron chi connectivity index (χ4n) is 1.47. The van der Waals surface area contributed by atoms with Gasteiger partial charge in [-0.25, -0.2) is 0 Å². The molecule has 2 nitrogen and oxygen atoms in total. The van der Waals surface area contributed by atoms with E-state index >= 15 is 0 Å². The zero-order valence-electron chi connectivity index (χ0n) is 8.61. The molecule has 2 heteroatoms. The smallest absolute Gasteiger partial charge is 0.0793 e. The molecule has 0 spiro atoms. The zero-order chi connectivity index (χ0) is 10.4. The summed E-state index contributed by atoms with van der Waals surface area (Å²) in [7, 11) is 0. The molecule has 0 aliphatic carbocycles. The monoisotopic (exact) mass is 191 g/mol. The van der Waals surface area contributed by atoms with Gasteiger partial charge in [0.1, 0.15) is 0 Å². The third-order valence-electron chi connectivity index (χ3n) is 2.31. The van der Waals surface area contributed by atoms with Crippen LogP contribution in [0.5, 0.6) is 0 Å². The second-order valence-corrected chi connectivity index (χ2v) is 3.47. The summed E-state index contributed by atoms with van der Waals surface area (Å²) < 4.78 is 0. The van der Waals surface area contributed by atoms with Gasteiger partial charge in [-0.2, -0.15) is 0 Å². The molecule has 0 aliphatic rings. The minimum Gasteiger partial charge on any atom is -0.388 e. The average molecular weight is 191 g/mol. The van der Waals surface area contributed by atoms with Gasteiger partial charge in [0.15, 0.2) is 0 Å². The van der Waals surface area contributed by atoms with E-state index in [4.69, 9.17) is 0 Å². The Morgan fingerprint density at radius 2 is 2.43 bits per heavy atom. The quantitative estimate of drug-likeness (QED) is 0.573. The zero-order valence-corrected chi connectivity index (χ0v) is 8.61. The van der Waals surface area contributed by atoms with E-state index in [1.165, 1.54) is 0 Å². The molecular formula is C12H17NO. The van der Waals surface area contributed by atoms with Crippen LogP contribution >= 0.6 is 0 Å². The van der Waals surface area contributed by atoms with Crippen LogP contribution in [0.2, 0.25) is 0 Å². The van der Waals surface area contributed by atoms with Gasteiger partial charge < -0.3 is 5.11 Å². The lowest BCUT2D eigenvalue weighted by molar-refractivity contribution is 0.164. The van der Waals surface area contributed by atoms with Crippen molar-refractivity contribution >= 4 is 0 Å². The molecule has 0 fully saturated rings. The highest BCUT2D eigenvalue weighted by molar-refractivity contribution is 5.23. The molecule has 1 atom stereocenters. The molecule has 76 valence electrons. The molecule has 1 rings (SSSR count). The maximum atomic E-state index is 9.87. The molecule has 1 N–H and O–H groups in total. The Balaban J connectivity index is 2.55. The van der Waals surface area contributed by atoms with Crippen molar-refractivity contribution in [2.75, 3.05) is 0 Å². The first kappa shape index (κ1) is 10.9. The minimum atomic E-state index is -0.363. The Morgan fingerprint density at radius 3 is 3.07 bits per heavy atom. The largest absolute Gasteiger partial charge is 0.388 e. The van der Waals surface area contributed by atoms with E-state index in [9.17, 15) is 5.11 Å². The van der Waals surface area contributed by atoms with E-state index in [0.717, 1.165) is 30.4 Å². The second-order valence-electron chi connectivity index (χ2n) is 3.47. The molecule has 0 bridgehead atoms. The summed E-state index contributed by atoms with van der Waals surface area (Å²) in [5.41, 5.74) is 2.04. The maximum absolute atomic E-state index is 9.87. The highest BCUT2D eigenvalue weighted by Gasteiger charge is 2.08. The van der Waals surface area contributed by atoms with Crippen LogP contribution < -0.4 is 0 Å². The highest BCUT2D eigenvalue weighted by atomic mass is 16.3. The van der Waals surface area contributed by atoms with Crippen molar-refractivity contribution in [3.8, 4) is 0 Å². The number of aromatic nitrogens is 1. The fraction of sp³-hybridized carbons (Fsp3) is 0.417. The van der Waals surface area contributed by atoms with Crippen LogP contribution in [0.15, 0.2) is 31.1 Å². The predicted octanol–water partition coefficient (Wildman–Crippen LogP) is 2.78. The van der Waals surface area contributed by atoms with Gasteiger partial charge in [0.2, 0.25) is 0 Å². The van der Waals surface area contributed by atoms with Gasteiger partial charge in [-0.15, -0.1) is 6.58 Å². The Morgan fingerprint density at radius 1 is 1.64 bits per heavy atom. The van der Waals surface area contributed by atoms with Crippen molar-refractivity contribution in [3.05, 3.63) is 42.2 Å². The molecule has 14 heavy (non-hydrogen) atoms. The minimum absolute atomic E-state index is 0.363. The Bertz CT molecular complexity index is 296. The summed E-state index contributed by atoms with van der Waals surface area (Å²) in [6.45, 7) is 5.63. The number of pyridine rings is 1. The van der Waals surface area contributed by atoms with Crippen LogP contribution in [0, 0.1) is 6.92 Å². The summed E-state index contributed by atoms with van der Waals surface area (Å²) in [5.74, 6) is 0. The lowest BCUT2D eigenvalue weighted by Crippen LogP contribution is -2.00. The second kappa shape index (κ2) is 5.55. The SMILES string of the molecule is C=CCCCC(O)c1ccncc1C. The van der Waals surface area contributed by atoms with Crippen molar-refractivity contribution < 1.29 is 5.11 Å². The first-order valence-electron chi connectivity index (χ1n) is 4.95. The number of rotatable bonds is 5. The van der Waals surface area contributed by atoms with Crippen LogP contribution in [0.3, 0.4) is 0 Å². The molecule has 0 amide bonds. The van der Waals surface area contributed by atoms with Crippen molar-refractivity contribution in [2.24, 2.45) is 0 Å². The average Bonchev–Trinajstić information content (AvgIpc) is 2.18. The van der Waals surface area contributed by atoms with Gasteiger partial charge in [0, 0.05) is 12.4 Å². The van der Waals surface area contributed by atoms with Gasteiger partial charge in [-0.3, -0.25) is 4.98 Å². The van der Waals surface area contributed by atoms with E-state index in [0.29, 0.717) is 0 Å². The molecule has 1 heterocycles. The third kappa shape index (κ3) is 2.96. The Hall–Kier alpha value is -1.15. The number of aliphatic hydroxyl groups is 1. The highest BCUT2D eigenvalue weighted by Crippen LogP contribution is 2.21. The number of aliphatic hydroxyl groups excluding tert-OH is 1. The van der Waals surface area contributed by atoms with Crippen LogP contribution in [-0.4, -0.2) is 10.1 Å². The lowest BCUT2D eigenvalue weighted by atomic mass is 10.0. The molecular weight excluding hydrogens is 174 g/mol. The summed E-state index contributed by atoms with van der Waals surface area (Å²) in [6.07, 6.45) is 7.75. The van der Waals surface area contributed by atoms with Crippen LogP contribution in [0.1, 0.15) is 36.5 Å². The van der Waals surface area contributed by atoms with E-state index < -0.39 is 0 Å². The van der Waals surface area contributed by atoms with Crippen molar-refractivity contribution in [3.63, 3.8) is 0 Å². The van der Waals surface area contributed by atoms with Crippen LogP contribution in [-0.2, 0) is 0 Å². The molecule has 0 saturated heterocycles. The summed E-state index contributed by atoms with van der Waals surface area (Å²) >= 11 is 0. The van der Waals surface area contributed by atoms with Gasteiger partial charge in [-0.1, -0.05) is 6.08 Å². The van der Waals surface area contributed by atoms with E-state index in [-0.39, 0.29) is 6.10 Å². The fourth-order valence-corrected chi connectivity index (χ4v) is 1.47. The number of aryl methyl sites for hydroxylation is 1. The summed E-state index contributed by atoms with van der Waals surface area (Å²) in [6, 6.07) is 1.88. The maximum Gasteiger partial charge on any atom is 0.0793 e. The number of hydrogen-bond donors (Lipinski definition) is 1. The van der Waals surface area contributed by atoms with E-state index in [1.807, 2.05) is 19.1 Å². The molecule has 0 radical (unpaired) electrons.